The summed E-state index contributed by atoms with van der Waals surface area (Å²) in [5.74, 6) is 1.62. The van der Waals surface area contributed by atoms with E-state index in [0.29, 0.717) is 6.54 Å². The third-order valence-electron chi connectivity index (χ3n) is 6.95. The quantitative estimate of drug-likeness (QED) is 0.302. The molecule has 1 aliphatic rings. The van der Waals surface area contributed by atoms with E-state index in [0.717, 1.165) is 55.9 Å². The summed E-state index contributed by atoms with van der Waals surface area (Å²) >= 11 is 0. The molecule has 178 valence electrons. The second-order valence-electron chi connectivity index (χ2n) is 8.96. The van der Waals surface area contributed by atoms with E-state index in [1.165, 1.54) is 0 Å². The third-order valence-corrected chi connectivity index (χ3v) is 6.95. The van der Waals surface area contributed by atoms with Crippen molar-refractivity contribution in [2.45, 2.75) is 12.6 Å². The predicted octanol–water partition coefficient (Wildman–Crippen LogP) is 6.60. The van der Waals surface area contributed by atoms with E-state index in [4.69, 9.17) is 9.47 Å². The fourth-order valence-electron chi connectivity index (χ4n) is 5.23. The molecule has 5 aromatic rings. The van der Waals surface area contributed by atoms with Gasteiger partial charge in [-0.05, 0) is 47.5 Å². The zero-order chi connectivity index (χ0) is 24.6. The van der Waals surface area contributed by atoms with E-state index in [2.05, 4.69) is 29.2 Å². The molecule has 4 aromatic carbocycles. The molecule has 6 rings (SSSR count). The minimum Gasteiger partial charge on any atom is -0.497 e. The molecule has 0 unspecified atom stereocenters. The maximum absolute atomic E-state index is 13.8. The van der Waals surface area contributed by atoms with Crippen LogP contribution in [0.25, 0.3) is 22.2 Å². The predicted molar refractivity (Wildman–Crippen MR) is 141 cm³/mol. The number of rotatable bonds is 6. The van der Waals surface area contributed by atoms with Crippen LogP contribution in [0.1, 0.15) is 33.1 Å². The summed E-state index contributed by atoms with van der Waals surface area (Å²) in [7, 11) is 3.33. The number of hydrogen-bond donors (Lipinski definition) is 1. The van der Waals surface area contributed by atoms with Crippen LogP contribution >= 0.6 is 0 Å². The molecule has 0 saturated heterocycles. The van der Waals surface area contributed by atoms with E-state index in [-0.39, 0.29) is 11.9 Å². The van der Waals surface area contributed by atoms with Crippen molar-refractivity contribution in [3.8, 4) is 22.8 Å². The molecule has 1 aromatic heterocycles. The summed E-state index contributed by atoms with van der Waals surface area (Å²) < 4.78 is 10.8. The molecule has 1 amide bonds. The molecule has 1 aliphatic heterocycles. The molecule has 0 spiro atoms. The van der Waals surface area contributed by atoms with Crippen molar-refractivity contribution in [3.05, 3.63) is 119 Å². The summed E-state index contributed by atoms with van der Waals surface area (Å²) in [5, 5.41) is 1.10. The van der Waals surface area contributed by atoms with E-state index < -0.39 is 0 Å². The molecule has 2 heterocycles. The number of methoxy groups -OCH3 is 2. The molecule has 1 N–H and O–H groups in total. The summed E-state index contributed by atoms with van der Waals surface area (Å²) in [6, 6.07) is 31.9. The number of fused-ring (bicyclic) bond motifs is 2. The van der Waals surface area contributed by atoms with Gasteiger partial charge in [0, 0.05) is 34.1 Å². The van der Waals surface area contributed by atoms with E-state index in [9.17, 15) is 4.79 Å². The second kappa shape index (κ2) is 8.93. The van der Waals surface area contributed by atoms with Crippen molar-refractivity contribution >= 4 is 16.8 Å². The lowest BCUT2D eigenvalue weighted by molar-refractivity contribution is 0.0737. The van der Waals surface area contributed by atoms with Gasteiger partial charge in [-0.1, -0.05) is 60.7 Å². The van der Waals surface area contributed by atoms with Crippen LogP contribution < -0.4 is 9.47 Å². The number of amides is 1. The maximum Gasteiger partial charge on any atom is 0.255 e. The molecule has 36 heavy (non-hydrogen) atoms. The van der Waals surface area contributed by atoms with Crippen LogP contribution in [0.4, 0.5) is 0 Å². The molecule has 0 bridgehead atoms. The number of nitrogens with one attached hydrogen (secondary N) is 1. The SMILES string of the molecule is COc1ccc(CN2C(=O)c3ccccc3[C@@H]2c2c(-c3cccc(OC)c3)[nH]c3ccccc23)cc1. The first-order valence-electron chi connectivity index (χ1n) is 12.0. The fraction of sp³-hybridized carbons (Fsp3) is 0.129. The van der Waals surface area contributed by atoms with Crippen molar-refractivity contribution < 1.29 is 14.3 Å². The highest BCUT2D eigenvalue weighted by Gasteiger charge is 2.40. The lowest BCUT2D eigenvalue weighted by Crippen LogP contribution is -2.28. The fourth-order valence-corrected chi connectivity index (χ4v) is 5.23. The Morgan fingerprint density at radius 2 is 1.56 bits per heavy atom. The van der Waals surface area contributed by atoms with Gasteiger partial charge in [-0.15, -0.1) is 0 Å². The van der Waals surface area contributed by atoms with Crippen LogP contribution in [0.2, 0.25) is 0 Å². The van der Waals surface area contributed by atoms with Crippen molar-refractivity contribution in [3.63, 3.8) is 0 Å². The number of aromatic nitrogens is 1. The summed E-state index contributed by atoms with van der Waals surface area (Å²) in [4.78, 5) is 19.4. The number of nitrogens with zero attached hydrogens (tertiary/aromatic N) is 1. The van der Waals surface area contributed by atoms with Gasteiger partial charge in [-0.25, -0.2) is 0 Å². The lowest BCUT2D eigenvalue weighted by Gasteiger charge is -2.27. The number of ether oxygens (including phenoxy) is 2. The Balaban J connectivity index is 1.56. The van der Waals surface area contributed by atoms with Crippen molar-refractivity contribution in [2.75, 3.05) is 14.2 Å². The molecule has 1 atom stereocenters. The normalized spacial score (nSPS) is 14.8. The van der Waals surface area contributed by atoms with Gasteiger partial charge in [-0.2, -0.15) is 0 Å². The van der Waals surface area contributed by atoms with Crippen LogP contribution in [0.3, 0.4) is 0 Å². The van der Waals surface area contributed by atoms with Crippen LogP contribution in [-0.2, 0) is 6.54 Å². The number of benzene rings is 4. The van der Waals surface area contributed by atoms with Crippen molar-refractivity contribution in [2.24, 2.45) is 0 Å². The summed E-state index contributed by atoms with van der Waals surface area (Å²) in [6.07, 6.45) is 0. The Bertz CT molecular complexity index is 1570. The Kier molecular flexibility index (Phi) is 5.45. The minimum absolute atomic E-state index is 0.0355. The van der Waals surface area contributed by atoms with Crippen molar-refractivity contribution in [1.82, 2.24) is 9.88 Å². The van der Waals surface area contributed by atoms with Crippen molar-refractivity contribution in [1.29, 1.82) is 0 Å². The highest BCUT2D eigenvalue weighted by molar-refractivity contribution is 6.02. The van der Waals surface area contributed by atoms with Crippen LogP contribution in [0.5, 0.6) is 11.5 Å². The van der Waals surface area contributed by atoms with Gasteiger partial charge < -0.3 is 19.4 Å². The third kappa shape index (κ3) is 3.60. The maximum atomic E-state index is 13.8. The van der Waals surface area contributed by atoms with Gasteiger partial charge in [0.05, 0.1) is 26.0 Å². The first-order chi connectivity index (χ1) is 17.7. The van der Waals surface area contributed by atoms with Gasteiger partial charge in [0.2, 0.25) is 0 Å². The molecule has 5 nitrogen and oxygen atoms in total. The Labute approximate surface area is 209 Å². The number of para-hydroxylation sites is 1. The van der Waals surface area contributed by atoms with E-state index in [1.54, 1.807) is 14.2 Å². The van der Waals surface area contributed by atoms with Gasteiger partial charge in [-0.3, -0.25) is 4.79 Å². The highest BCUT2D eigenvalue weighted by atomic mass is 16.5. The average molecular weight is 475 g/mol. The largest absolute Gasteiger partial charge is 0.497 e. The molecule has 0 saturated carbocycles. The molecular weight excluding hydrogens is 448 g/mol. The first kappa shape index (κ1) is 22.0. The number of carbonyl (C=O) groups is 1. The van der Waals surface area contributed by atoms with E-state index in [1.807, 2.05) is 77.7 Å². The Morgan fingerprint density at radius 3 is 2.36 bits per heavy atom. The molecule has 0 fully saturated rings. The molecule has 0 aliphatic carbocycles. The monoisotopic (exact) mass is 474 g/mol. The number of H-pyrrole nitrogens is 1. The molecular formula is C31H26N2O3. The van der Waals surface area contributed by atoms with Gasteiger partial charge in [0.25, 0.3) is 5.91 Å². The zero-order valence-electron chi connectivity index (χ0n) is 20.2. The number of aromatic amines is 1. The van der Waals surface area contributed by atoms with Gasteiger partial charge in [0.1, 0.15) is 11.5 Å². The summed E-state index contributed by atoms with van der Waals surface area (Å²) in [5.41, 5.74) is 6.94. The number of hydrogen-bond acceptors (Lipinski definition) is 3. The highest BCUT2D eigenvalue weighted by Crippen LogP contribution is 2.46. The van der Waals surface area contributed by atoms with Crippen LogP contribution in [0.15, 0.2) is 97.1 Å². The van der Waals surface area contributed by atoms with E-state index >= 15 is 0 Å². The van der Waals surface area contributed by atoms with Crippen LogP contribution in [-0.4, -0.2) is 30.0 Å². The minimum atomic E-state index is -0.242. The first-order valence-corrected chi connectivity index (χ1v) is 12.0. The smallest absolute Gasteiger partial charge is 0.255 e. The average Bonchev–Trinajstić information content (AvgIpc) is 3.44. The molecule has 0 radical (unpaired) electrons. The zero-order valence-corrected chi connectivity index (χ0v) is 20.2. The Morgan fingerprint density at radius 1 is 0.806 bits per heavy atom. The summed E-state index contributed by atoms with van der Waals surface area (Å²) in [6.45, 7) is 0.485. The molecule has 5 heteroatoms. The second-order valence-corrected chi connectivity index (χ2v) is 8.96. The standard InChI is InChI=1S/C31H26N2O3/c1-35-22-16-14-20(15-17-22)19-33-30(24-10-3-4-11-25(24)31(33)34)28-26-12-5-6-13-27(26)32-29(28)21-8-7-9-23(18-21)36-2/h3-18,30,32H,19H2,1-2H3/t30-/m1/s1. The van der Waals surface area contributed by atoms with Gasteiger partial charge >= 0.3 is 0 Å². The number of carbonyl (C=O) groups excluding carboxylic acids is 1. The van der Waals surface area contributed by atoms with Gasteiger partial charge in [0.15, 0.2) is 0 Å². The topological polar surface area (TPSA) is 54.6 Å². The van der Waals surface area contributed by atoms with Crippen LogP contribution in [0, 0.1) is 0 Å². The Hall–Kier alpha value is -4.51. The lowest BCUT2D eigenvalue weighted by atomic mass is 9.93.